The van der Waals surface area contributed by atoms with Crippen LogP contribution in [0.1, 0.15) is 28.8 Å². The molecular formula is C16H20N2O2. The zero-order valence-electron chi connectivity index (χ0n) is 12.2. The van der Waals surface area contributed by atoms with Gasteiger partial charge >= 0.3 is 0 Å². The van der Waals surface area contributed by atoms with Gasteiger partial charge < -0.3 is 14.6 Å². The lowest BCUT2D eigenvalue weighted by atomic mass is 10.1. The van der Waals surface area contributed by atoms with E-state index in [0.717, 1.165) is 27.8 Å². The van der Waals surface area contributed by atoms with Gasteiger partial charge in [0.1, 0.15) is 5.75 Å². The van der Waals surface area contributed by atoms with Crippen LogP contribution < -0.4 is 10.1 Å². The Labute approximate surface area is 118 Å². The van der Waals surface area contributed by atoms with Crippen molar-refractivity contribution in [3.8, 4) is 5.75 Å². The Morgan fingerprint density at radius 1 is 1.45 bits per heavy atom. The maximum absolute atomic E-state index is 12.4. The lowest BCUT2D eigenvalue weighted by Crippen LogP contribution is -2.24. The van der Waals surface area contributed by atoms with Crippen LogP contribution in [0, 0.1) is 6.92 Å². The lowest BCUT2D eigenvalue weighted by Gasteiger charge is -2.06. The average molecular weight is 272 g/mol. The van der Waals surface area contributed by atoms with Crippen LogP contribution >= 0.6 is 0 Å². The highest BCUT2D eigenvalue weighted by molar-refractivity contribution is 6.10. The van der Waals surface area contributed by atoms with Crippen LogP contribution in [0.25, 0.3) is 10.9 Å². The molecule has 4 heteroatoms. The molecule has 3 rings (SSSR count). The van der Waals surface area contributed by atoms with E-state index < -0.39 is 0 Å². The molecule has 0 spiro atoms. The number of carbonyl (C=O) groups excluding carboxylic acids is 1. The second kappa shape index (κ2) is 4.94. The van der Waals surface area contributed by atoms with Gasteiger partial charge in [0.2, 0.25) is 0 Å². The zero-order valence-corrected chi connectivity index (χ0v) is 12.2. The summed E-state index contributed by atoms with van der Waals surface area (Å²) < 4.78 is 7.34. The summed E-state index contributed by atoms with van der Waals surface area (Å²) in [5.41, 5.74) is 2.99. The highest BCUT2D eigenvalue weighted by Crippen LogP contribution is 2.29. The summed E-state index contributed by atoms with van der Waals surface area (Å²) in [6.45, 7) is 2.46. The maximum Gasteiger partial charge on any atom is 0.178 e. The molecule has 1 fully saturated rings. The van der Waals surface area contributed by atoms with E-state index in [0.29, 0.717) is 12.6 Å². The van der Waals surface area contributed by atoms with Gasteiger partial charge in [-0.25, -0.2) is 0 Å². The zero-order chi connectivity index (χ0) is 14.3. The highest BCUT2D eigenvalue weighted by Gasteiger charge is 2.23. The lowest BCUT2D eigenvalue weighted by molar-refractivity contribution is 0.0992. The van der Waals surface area contributed by atoms with Gasteiger partial charge in [-0.3, -0.25) is 4.79 Å². The van der Waals surface area contributed by atoms with E-state index in [2.05, 4.69) is 5.32 Å². The van der Waals surface area contributed by atoms with Crippen LogP contribution in [0.2, 0.25) is 0 Å². The molecule has 20 heavy (non-hydrogen) atoms. The molecule has 4 nitrogen and oxygen atoms in total. The molecule has 0 saturated heterocycles. The van der Waals surface area contributed by atoms with Gasteiger partial charge in [0.15, 0.2) is 5.78 Å². The number of rotatable bonds is 5. The molecule has 1 aromatic carbocycles. The van der Waals surface area contributed by atoms with Gasteiger partial charge in [0.05, 0.1) is 19.2 Å². The second-order valence-corrected chi connectivity index (χ2v) is 5.57. The van der Waals surface area contributed by atoms with Crippen LogP contribution in [-0.4, -0.2) is 30.0 Å². The standard InChI is InChI=1S/C16H20N2O2/c1-10-6-12(20-3)7-13-14(9-18(2)16(10)13)15(19)8-17-11-4-5-11/h6-7,9,11,17H,4-5,8H2,1-3H3. The predicted molar refractivity (Wildman–Crippen MR) is 79.6 cm³/mol. The van der Waals surface area contributed by atoms with E-state index in [9.17, 15) is 4.79 Å². The van der Waals surface area contributed by atoms with Crippen molar-refractivity contribution in [3.05, 3.63) is 29.5 Å². The number of ketones is 1. The monoisotopic (exact) mass is 272 g/mol. The number of aromatic nitrogens is 1. The summed E-state index contributed by atoms with van der Waals surface area (Å²) in [5.74, 6) is 0.945. The van der Waals surface area contributed by atoms with Crippen LogP contribution in [0.15, 0.2) is 18.3 Å². The molecule has 0 amide bonds. The molecule has 1 N–H and O–H groups in total. The van der Waals surface area contributed by atoms with Crippen molar-refractivity contribution < 1.29 is 9.53 Å². The maximum atomic E-state index is 12.4. The number of benzene rings is 1. The quantitative estimate of drug-likeness (QED) is 0.850. The molecule has 1 aromatic heterocycles. The van der Waals surface area contributed by atoms with Gasteiger partial charge in [-0.05, 0) is 37.5 Å². The van der Waals surface area contributed by atoms with E-state index in [1.165, 1.54) is 12.8 Å². The first-order valence-corrected chi connectivity index (χ1v) is 7.00. The second-order valence-electron chi connectivity index (χ2n) is 5.57. The number of ether oxygens (including phenoxy) is 1. The van der Waals surface area contributed by atoms with E-state index in [1.54, 1.807) is 7.11 Å². The fraction of sp³-hybridized carbons (Fsp3) is 0.438. The normalized spacial score (nSPS) is 14.8. The van der Waals surface area contributed by atoms with Crippen molar-refractivity contribution in [1.29, 1.82) is 0 Å². The molecule has 1 saturated carbocycles. The predicted octanol–water partition coefficient (Wildman–Crippen LogP) is 2.43. The minimum absolute atomic E-state index is 0.148. The average Bonchev–Trinajstić information content (AvgIpc) is 3.19. The molecule has 2 aromatic rings. The molecular weight excluding hydrogens is 252 g/mol. The number of fused-ring (bicyclic) bond motifs is 1. The molecule has 1 heterocycles. The fourth-order valence-corrected chi connectivity index (χ4v) is 2.71. The number of hydrogen-bond acceptors (Lipinski definition) is 3. The molecule has 0 bridgehead atoms. The highest BCUT2D eigenvalue weighted by atomic mass is 16.5. The number of nitrogens with zero attached hydrogens (tertiary/aromatic N) is 1. The Bertz CT molecular complexity index is 669. The van der Waals surface area contributed by atoms with Crippen LogP contribution in [0.3, 0.4) is 0 Å². The summed E-state index contributed by atoms with van der Waals surface area (Å²) in [6.07, 6.45) is 4.31. The molecule has 106 valence electrons. The van der Waals surface area contributed by atoms with Crippen molar-refractivity contribution in [2.75, 3.05) is 13.7 Å². The van der Waals surface area contributed by atoms with E-state index in [-0.39, 0.29) is 5.78 Å². The summed E-state index contributed by atoms with van der Waals surface area (Å²) in [7, 11) is 3.63. The third kappa shape index (κ3) is 2.31. The first-order valence-electron chi connectivity index (χ1n) is 7.00. The Hall–Kier alpha value is -1.81. The van der Waals surface area contributed by atoms with E-state index >= 15 is 0 Å². The number of carbonyl (C=O) groups is 1. The number of Topliss-reactive ketones (excluding diaryl/α,β-unsaturated/α-hetero) is 1. The van der Waals surface area contributed by atoms with Crippen LogP contribution in [-0.2, 0) is 7.05 Å². The number of hydrogen-bond donors (Lipinski definition) is 1. The summed E-state index contributed by atoms with van der Waals surface area (Å²) >= 11 is 0. The SMILES string of the molecule is COc1cc(C)c2c(c1)c(C(=O)CNC1CC1)cn2C. The smallest absolute Gasteiger partial charge is 0.178 e. The van der Waals surface area contributed by atoms with Crippen molar-refractivity contribution >= 4 is 16.7 Å². The Kier molecular flexibility index (Phi) is 3.26. The molecule has 1 aliphatic carbocycles. The number of nitrogens with one attached hydrogen (secondary N) is 1. The fourth-order valence-electron chi connectivity index (χ4n) is 2.71. The number of aryl methyl sites for hydroxylation is 2. The van der Waals surface area contributed by atoms with E-state index in [4.69, 9.17) is 4.74 Å². The van der Waals surface area contributed by atoms with Crippen molar-refractivity contribution in [1.82, 2.24) is 9.88 Å². The Morgan fingerprint density at radius 2 is 2.20 bits per heavy atom. The first-order chi connectivity index (χ1) is 9.60. The van der Waals surface area contributed by atoms with Gasteiger partial charge in [-0.1, -0.05) is 0 Å². The van der Waals surface area contributed by atoms with Gasteiger partial charge in [-0.2, -0.15) is 0 Å². The molecule has 0 radical (unpaired) electrons. The Morgan fingerprint density at radius 3 is 2.85 bits per heavy atom. The minimum Gasteiger partial charge on any atom is -0.497 e. The van der Waals surface area contributed by atoms with Gasteiger partial charge in [-0.15, -0.1) is 0 Å². The van der Waals surface area contributed by atoms with Crippen LogP contribution in [0.5, 0.6) is 5.75 Å². The van der Waals surface area contributed by atoms with Gasteiger partial charge in [0.25, 0.3) is 0 Å². The first kappa shape index (κ1) is 13.2. The van der Waals surface area contributed by atoms with E-state index in [1.807, 2.05) is 36.9 Å². The largest absolute Gasteiger partial charge is 0.497 e. The van der Waals surface area contributed by atoms with Crippen molar-refractivity contribution in [2.24, 2.45) is 7.05 Å². The Balaban J connectivity index is 2.00. The molecule has 0 unspecified atom stereocenters. The van der Waals surface area contributed by atoms with Gasteiger partial charge in [0, 0.05) is 30.2 Å². The van der Waals surface area contributed by atoms with Crippen molar-refractivity contribution in [2.45, 2.75) is 25.8 Å². The summed E-state index contributed by atoms with van der Waals surface area (Å²) in [6, 6.07) is 4.50. The summed E-state index contributed by atoms with van der Waals surface area (Å²) in [5, 5.41) is 4.26. The summed E-state index contributed by atoms with van der Waals surface area (Å²) in [4.78, 5) is 12.4. The number of methoxy groups -OCH3 is 1. The molecule has 0 atom stereocenters. The molecule has 1 aliphatic rings. The third-order valence-electron chi connectivity index (χ3n) is 3.90. The molecule has 0 aliphatic heterocycles. The topological polar surface area (TPSA) is 43.3 Å². The minimum atomic E-state index is 0.148. The van der Waals surface area contributed by atoms with Crippen molar-refractivity contribution in [3.63, 3.8) is 0 Å². The van der Waals surface area contributed by atoms with Crippen LogP contribution in [0.4, 0.5) is 0 Å². The third-order valence-corrected chi connectivity index (χ3v) is 3.90.